The first-order valence-corrected chi connectivity index (χ1v) is 7.41. The molecule has 1 aliphatic carbocycles. The van der Waals surface area contributed by atoms with Crippen LogP contribution in [0.25, 0.3) is 0 Å². The molecule has 2 nitrogen and oxygen atoms in total. The SMILES string of the molecule is Cc1cc(C(C)NC(C)C2CCCCC2)c(C)o1. The number of hydrogen-bond donors (Lipinski definition) is 1. The molecule has 2 rings (SSSR count). The summed E-state index contributed by atoms with van der Waals surface area (Å²) in [4.78, 5) is 0. The van der Waals surface area contributed by atoms with Crippen molar-refractivity contribution in [1.29, 1.82) is 0 Å². The summed E-state index contributed by atoms with van der Waals surface area (Å²) >= 11 is 0. The second-order valence-corrected chi connectivity index (χ2v) is 5.94. The topological polar surface area (TPSA) is 25.2 Å². The van der Waals surface area contributed by atoms with Crippen molar-refractivity contribution in [2.75, 3.05) is 0 Å². The van der Waals surface area contributed by atoms with Crippen LogP contribution >= 0.6 is 0 Å². The maximum atomic E-state index is 5.62. The van der Waals surface area contributed by atoms with Crippen molar-refractivity contribution in [2.45, 2.75) is 71.9 Å². The van der Waals surface area contributed by atoms with Crippen molar-refractivity contribution in [3.63, 3.8) is 0 Å². The highest BCUT2D eigenvalue weighted by molar-refractivity contribution is 5.23. The average molecular weight is 249 g/mol. The zero-order chi connectivity index (χ0) is 13.1. The third-order valence-corrected chi connectivity index (χ3v) is 4.42. The van der Waals surface area contributed by atoms with E-state index in [9.17, 15) is 0 Å². The van der Waals surface area contributed by atoms with Gasteiger partial charge in [-0.2, -0.15) is 0 Å². The smallest absolute Gasteiger partial charge is 0.105 e. The summed E-state index contributed by atoms with van der Waals surface area (Å²) < 4.78 is 5.62. The summed E-state index contributed by atoms with van der Waals surface area (Å²) in [6, 6.07) is 3.16. The van der Waals surface area contributed by atoms with Crippen LogP contribution in [0.2, 0.25) is 0 Å². The molecule has 0 aromatic carbocycles. The summed E-state index contributed by atoms with van der Waals surface area (Å²) in [6.07, 6.45) is 7.04. The van der Waals surface area contributed by atoms with Gasteiger partial charge in [0.25, 0.3) is 0 Å². The van der Waals surface area contributed by atoms with Crippen molar-refractivity contribution in [1.82, 2.24) is 5.32 Å². The van der Waals surface area contributed by atoms with Gasteiger partial charge in [-0.25, -0.2) is 0 Å². The molecule has 1 aliphatic rings. The number of hydrogen-bond acceptors (Lipinski definition) is 2. The third kappa shape index (κ3) is 3.17. The predicted molar refractivity (Wildman–Crippen MR) is 75.8 cm³/mol. The van der Waals surface area contributed by atoms with Crippen LogP contribution in [0, 0.1) is 19.8 Å². The van der Waals surface area contributed by atoms with Gasteiger partial charge in [0.15, 0.2) is 0 Å². The maximum absolute atomic E-state index is 5.62. The number of furan rings is 1. The minimum atomic E-state index is 0.388. The molecule has 1 saturated carbocycles. The van der Waals surface area contributed by atoms with Gasteiger partial charge < -0.3 is 9.73 Å². The molecule has 0 amide bonds. The van der Waals surface area contributed by atoms with Gasteiger partial charge in [-0.3, -0.25) is 0 Å². The second-order valence-electron chi connectivity index (χ2n) is 5.94. The monoisotopic (exact) mass is 249 g/mol. The summed E-state index contributed by atoms with van der Waals surface area (Å²) in [5.41, 5.74) is 1.31. The summed E-state index contributed by atoms with van der Waals surface area (Å²) in [6.45, 7) is 8.67. The Morgan fingerprint density at radius 2 is 1.83 bits per heavy atom. The quantitative estimate of drug-likeness (QED) is 0.849. The summed E-state index contributed by atoms with van der Waals surface area (Å²) in [5, 5.41) is 3.76. The van der Waals surface area contributed by atoms with Crippen LogP contribution in [0.5, 0.6) is 0 Å². The van der Waals surface area contributed by atoms with E-state index in [-0.39, 0.29) is 0 Å². The molecule has 0 spiro atoms. The molecule has 1 heterocycles. The standard InChI is InChI=1S/C16H27NO/c1-11-10-16(14(4)18-11)13(3)17-12(2)15-8-6-5-7-9-15/h10,12-13,15,17H,5-9H2,1-4H3. The van der Waals surface area contributed by atoms with E-state index in [1.807, 2.05) is 6.92 Å². The molecule has 2 unspecified atom stereocenters. The van der Waals surface area contributed by atoms with Crippen LogP contribution in [0.15, 0.2) is 10.5 Å². The Bertz CT molecular complexity index is 376. The predicted octanol–water partition coefficient (Wildman–Crippen LogP) is 4.52. The third-order valence-electron chi connectivity index (χ3n) is 4.42. The Morgan fingerprint density at radius 3 is 2.39 bits per heavy atom. The highest BCUT2D eigenvalue weighted by Gasteiger charge is 2.22. The summed E-state index contributed by atoms with van der Waals surface area (Å²) in [5.74, 6) is 2.93. The van der Waals surface area contributed by atoms with Crippen molar-refractivity contribution in [3.8, 4) is 0 Å². The number of rotatable bonds is 4. The fourth-order valence-corrected chi connectivity index (χ4v) is 3.33. The molecule has 102 valence electrons. The van der Waals surface area contributed by atoms with Gasteiger partial charge in [-0.05, 0) is 52.5 Å². The van der Waals surface area contributed by atoms with Crippen LogP contribution in [-0.2, 0) is 0 Å². The van der Waals surface area contributed by atoms with Crippen LogP contribution < -0.4 is 5.32 Å². The molecular weight excluding hydrogens is 222 g/mol. The van der Waals surface area contributed by atoms with E-state index in [1.165, 1.54) is 37.7 Å². The first-order chi connectivity index (χ1) is 8.58. The molecule has 1 aromatic rings. The summed E-state index contributed by atoms with van der Waals surface area (Å²) in [7, 11) is 0. The highest BCUT2D eigenvalue weighted by atomic mass is 16.3. The molecule has 0 bridgehead atoms. The first-order valence-electron chi connectivity index (χ1n) is 7.41. The van der Waals surface area contributed by atoms with Gasteiger partial charge in [-0.1, -0.05) is 19.3 Å². The fourth-order valence-electron chi connectivity index (χ4n) is 3.33. The van der Waals surface area contributed by atoms with E-state index in [0.717, 1.165) is 17.4 Å². The highest BCUT2D eigenvalue weighted by Crippen LogP contribution is 2.28. The second kappa shape index (κ2) is 5.92. The number of nitrogens with one attached hydrogen (secondary N) is 1. The lowest BCUT2D eigenvalue weighted by Crippen LogP contribution is -2.36. The Hall–Kier alpha value is -0.760. The van der Waals surface area contributed by atoms with E-state index in [1.54, 1.807) is 0 Å². The Balaban J connectivity index is 1.93. The minimum absolute atomic E-state index is 0.388. The lowest BCUT2D eigenvalue weighted by atomic mass is 9.84. The van der Waals surface area contributed by atoms with Gasteiger partial charge >= 0.3 is 0 Å². The Kier molecular flexibility index (Phi) is 4.50. The molecule has 2 heteroatoms. The molecule has 2 atom stereocenters. The van der Waals surface area contributed by atoms with Gasteiger partial charge in [0, 0.05) is 17.6 Å². The molecule has 0 saturated heterocycles. The van der Waals surface area contributed by atoms with Gasteiger partial charge in [0.2, 0.25) is 0 Å². The number of aryl methyl sites for hydroxylation is 2. The van der Waals surface area contributed by atoms with E-state index >= 15 is 0 Å². The van der Waals surface area contributed by atoms with E-state index < -0.39 is 0 Å². The van der Waals surface area contributed by atoms with Crippen molar-refractivity contribution >= 4 is 0 Å². The zero-order valence-electron chi connectivity index (χ0n) is 12.3. The van der Waals surface area contributed by atoms with Gasteiger partial charge in [0.1, 0.15) is 11.5 Å². The average Bonchev–Trinajstić information content (AvgIpc) is 2.69. The largest absolute Gasteiger partial charge is 0.466 e. The molecule has 1 N–H and O–H groups in total. The van der Waals surface area contributed by atoms with Crippen molar-refractivity contribution in [2.24, 2.45) is 5.92 Å². The maximum Gasteiger partial charge on any atom is 0.105 e. The van der Waals surface area contributed by atoms with Crippen molar-refractivity contribution in [3.05, 3.63) is 23.2 Å². The zero-order valence-corrected chi connectivity index (χ0v) is 12.3. The molecule has 0 aliphatic heterocycles. The molecule has 1 aromatic heterocycles. The lowest BCUT2D eigenvalue weighted by Gasteiger charge is -2.30. The van der Waals surface area contributed by atoms with Crippen LogP contribution in [0.1, 0.15) is 69.1 Å². The first kappa shape index (κ1) is 13.7. The normalized spacial score (nSPS) is 20.9. The van der Waals surface area contributed by atoms with Crippen molar-refractivity contribution < 1.29 is 4.42 Å². The Labute approximate surface area is 111 Å². The van der Waals surface area contributed by atoms with E-state index in [2.05, 4.69) is 32.2 Å². The van der Waals surface area contributed by atoms with E-state index in [0.29, 0.717) is 12.1 Å². The Morgan fingerprint density at radius 1 is 1.17 bits per heavy atom. The fraction of sp³-hybridized carbons (Fsp3) is 0.750. The lowest BCUT2D eigenvalue weighted by molar-refractivity contribution is 0.267. The van der Waals surface area contributed by atoms with Gasteiger partial charge in [-0.15, -0.1) is 0 Å². The van der Waals surface area contributed by atoms with E-state index in [4.69, 9.17) is 4.42 Å². The van der Waals surface area contributed by atoms with Gasteiger partial charge in [0.05, 0.1) is 0 Å². The van der Waals surface area contributed by atoms with Crippen LogP contribution in [-0.4, -0.2) is 6.04 Å². The van der Waals surface area contributed by atoms with Crippen LogP contribution in [0.4, 0.5) is 0 Å². The minimum Gasteiger partial charge on any atom is -0.466 e. The molecular formula is C16H27NO. The van der Waals surface area contributed by atoms with Crippen LogP contribution in [0.3, 0.4) is 0 Å². The molecule has 1 fully saturated rings. The molecule has 0 radical (unpaired) electrons. The molecule has 18 heavy (non-hydrogen) atoms.